The van der Waals surface area contributed by atoms with Gasteiger partial charge in [0.05, 0.1) is 0 Å². The number of fused-ring (bicyclic) bond motifs is 1. The van der Waals surface area contributed by atoms with Crippen molar-refractivity contribution in [2.75, 3.05) is 13.2 Å². The van der Waals surface area contributed by atoms with E-state index in [1.165, 1.54) is 19.1 Å². The number of carboxylic acids is 1. The highest BCUT2D eigenvalue weighted by Gasteiger charge is 2.43. The van der Waals surface area contributed by atoms with Gasteiger partial charge in [0.1, 0.15) is 23.0 Å². The van der Waals surface area contributed by atoms with E-state index in [1.54, 1.807) is 55.5 Å². The Hall–Kier alpha value is -2.75. The number of sulfonamides is 1. The number of thiol groups is 1. The quantitative estimate of drug-likeness (QED) is 0.351. The lowest BCUT2D eigenvalue weighted by atomic mass is 9.83. The normalized spacial score (nSPS) is 16.2. The Morgan fingerprint density at radius 1 is 1.12 bits per heavy atom. The lowest BCUT2D eigenvalue weighted by molar-refractivity contribution is -0.144. The van der Waals surface area contributed by atoms with E-state index in [9.17, 15) is 18.3 Å². The lowest BCUT2D eigenvalue weighted by Gasteiger charge is -2.32. The van der Waals surface area contributed by atoms with E-state index in [-0.39, 0.29) is 4.24 Å². The summed E-state index contributed by atoms with van der Waals surface area (Å²) in [5.74, 6) is -0.642. The van der Waals surface area contributed by atoms with Crippen LogP contribution >= 0.6 is 12.6 Å². The fourth-order valence-corrected chi connectivity index (χ4v) is 4.63. The number of rotatable bonds is 8. The molecule has 1 unspecified atom stereocenters. The summed E-state index contributed by atoms with van der Waals surface area (Å²) in [6, 6.07) is 14.2. The first kappa shape index (κ1) is 27.5. The van der Waals surface area contributed by atoms with Crippen LogP contribution in [0.15, 0.2) is 64.9 Å². The Bertz CT molecular complexity index is 1150. The molecule has 0 fully saturated rings. The monoisotopic (exact) mass is 505 g/mol. The summed E-state index contributed by atoms with van der Waals surface area (Å²) in [4.78, 5) is 12.0. The van der Waals surface area contributed by atoms with Crippen molar-refractivity contribution in [3.05, 3.63) is 76.0 Å². The number of allylic oxidation sites excluding steroid dienone is 2. The van der Waals surface area contributed by atoms with E-state index >= 15 is 0 Å². The fraction of sp³-hybridized carbons (Fsp3) is 0.320. The summed E-state index contributed by atoms with van der Waals surface area (Å²) in [6.07, 6.45) is 4.50. The van der Waals surface area contributed by atoms with Crippen molar-refractivity contribution in [3.8, 4) is 11.5 Å². The zero-order valence-electron chi connectivity index (χ0n) is 19.7. The average Bonchev–Trinajstić information content (AvgIpc) is 2.84. The number of hydrogen-bond acceptors (Lipinski definition) is 6. The van der Waals surface area contributed by atoms with Crippen LogP contribution in [0.5, 0.6) is 11.5 Å². The number of benzene rings is 2. The molecule has 2 aromatic rings. The fourth-order valence-electron chi connectivity index (χ4n) is 3.22. The number of carbonyl (C=O) groups is 1. The molecule has 0 spiro atoms. The van der Waals surface area contributed by atoms with Crippen molar-refractivity contribution in [3.63, 3.8) is 0 Å². The van der Waals surface area contributed by atoms with E-state index in [0.717, 1.165) is 5.56 Å². The van der Waals surface area contributed by atoms with Crippen LogP contribution in [-0.4, -0.2) is 38.2 Å². The second-order valence-corrected chi connectivity index (χ2v) is 9.95. The summed E-state index contributed by atoms with van der Waals surface area (Å²) >= 11 is 4.09. The first-order chi connectivity index (χ1) is 16.1. The smallest absolute Gasteiger partial charge is 0.325 e. The Morgan fingerprint density at radius 3 is 2.35 bits per heavy atom. The van der Waals surface area contributed by atoms with Gasteiger partial charge in [0.25, 0.3) is 0 Å². The molecular formula is C25H31NO6S2. The standard InChI is InChI=1S/C23H25NO6S2.C2H6/c1-16(18-8-4-3-5-9-18)23(2,22(25)26)24-32(27,28)21(31)10-6-7-17-11-12-19-20(15-17)30-14-13-29-19;1-2/h3-12,15-16,24,31H,13-14H2,1-2H3,(H,25,26);1-2H3/b7-6+,21-10+;/t16?,23-;/m0./s1. The number of aliphatic carboxylic acids is 1. The van der Waals surface area contributed by atoms with E-state index in [2.05, 4.69) is 17.4 Å². The van der Waals surface area contributed by atoms with Gasteiger partial charge in [-0.1, -0.05) is 69.3 Å². The molecule has 3 rings (SSSR count). The minimum atomic E-state index is -4.19. The maximum absolute atomic E-state index is 12.8. The Balaban J connectivity index is 0.00000199. The van der Waals surface area contributed by atoms with Crippen molar-refractivity contribution >= 4 is 34.7 Å². The van der Waals surface area contributed by atoms with Gasteiger partial charge in [0.2, 0.25) is 10.0 Å². The topological polar surface area (TPSA) is 102 Å². The molecule has 2 atom stereocenters. The molecule has 1 heterocycles. The molecule has 0 radical (unpaired) electrons. The van der Waals surface area contributed by atoms with Crippen molar-refractivity contribution in [1.29, 1.82) is 0 Å². The summed E-state index contributed by atoms with van der Waals surface area (Å²) < 4.78 is 38.7. The SMILES string of the molecule is CC.CC(c1ccccc1)[C@](C)(NS(=O)(=O)/C(S)=C/C=C/c1ccc2c(c1)OCCO2)C(=O)O. The van der Waals surface area contributed by atoms with Gasteiger partial charge < -0.3 is 14.6 Å². The molecular weight excluding hydrogens is 474 g/mol. The van der Waals surface area contributed by atoms with Gasteiger partial charge in [0, 0.05) is 5.92 Å². The first-order valence-corrected chi connectivity index (χ1v) is 12.9. The average molecular weight is 506 g/mol. The molecule has 2 aromatic carbocycles. The van der Waals surface area contributed by atoms with Gasteiger partial charge >= 0.3 is 5.97 Å². The van der Waals surface area contributed by atoms with Crippen molar-refractivity contribution in [2.24, 2.45) is 0 Å². The van der Waals surface area contributed by atoms with Crippen molar-refractivity contribution in [1.82, 2.24) is 4.72 Å². The molecule has 9 heteroatoms. The number of ether oxygens (including phenoxy) is 2. The van der Waals surface area contributed by atoms with Crippen LogP contribution in [0.1, 0.15) is 44.7 Å². The van der Waals surface area contributed by atoms with Crippen LogP contribution in [0.4, 0.5) is 0 Å². The summed E-state index contributed by atoms with van der Waals surface area (Å²) in [5, 5.41) is 9.82. The predicted octanol–water partition coefficient (Wildman–Crippen LogP) is 4.83. The Morgan fingerprint density at radius 2 is 1.74 bits per heavy atom. The molecule has 0 bridgehead atoms. The van der Waals surface area contributed by atoms with Gasteiger partial charge in [-0.3, -0.25) is 4.79 Å². The lowest BCUT2D eigenvalue weighted by Crippen LogP contribution is -2.55. The third kappa shape index (κ3) is 6.65. The molecule has 0 aromatic heterocycles. The molecule has 2 N–H and O–H groups in total. The van der Waals surface area contributed by atoms with E-state index in [4.69, 9.17) is 9.47 Å². The third-order valence-corrected chi connectivity index (χ3v) is 7.57. The molecule has 0 saturated carbocycles. The van der Waals surface area contributed by atoms with Crippen molar-refractivity contribution in [2.45, 2.75) is 39.2 Å². The molecule has 184 valence electrons. The number of carboxylic acid groups (broad SMARTS) is 1. The largest absolute Gasteiger partial charge is 0.486 e. The third-order valence-electron chi connectivity index (χ3n) is 5.33. The highest BCUT2D eigenvalue weighted by atomic mass is 32.3. The maximum atomic E-state index is 12.8. The van der Waals surface area contributed by atoms with Crippen LogP contribution in [0.3, 0.4) is 0 Å². The second-order valence-electron chi connectivity index (χ2n) is 7.51. The molecule has 34 heavy (non-hydrogen) atoms. The van der Waals surface area contributed by atoms with E-state index in [1.807, 2.05) is 19.9 Å². The highest BCUT2D eigenvalue weighted by Crippen LogP contribution is 2.32. The minimum absolute atomic E-state index is 0.306. The molecule has 0 aliphatic carbocycles. The summed E-state index contributed by atoms with van der Waals surface area (Å²) in [5.41, 5.74) is -0.296. The van der Waals surface area contributed by atoms with E-state index < -0.39 is 27.4 Å². The maximum Gasteiger partial charge on any atom is 0.325 e. The molecule has 0 amide bonds. The Kier molecular flexibility index (Phi) is 9.78. The molecule has 1 aliphatic rings. The zero-order chi connectivity index (χ0) is 25.4. The van der Waals surface area contributed by atoms with Crippen LogP contribution in [-0.2, 0) is 14.8 Å². The number of nitrogens with one attached hydrogen (secondary N) is 1. The molecule has 0 saturated heterocycles. The summed E-state index contributed by atoms with van der Waals surface area (Å²) in [7, 11) is -4.19. The van der Waals surface area contributed by atoms with Gasteiger partial charge in [-0.25, -0.2) is 8.42 Å². The Labute approximate surface area is 207 Å². The minimum Gasteiger partial charge on any atom is -0.486 e. The van der Waals surface area contributed by atoms with Gasteiger partial charge in [-0.15, -0.1) is 12.6 Å². The highest BCUT2D eigenvalue weighted by molar-refractivity contribution is 8.09. The van der Waals surface area contributed by atoms with Crippen LogP contribution in [0.2, 0.25) is 0 Å². The summed E-state index contributed by atoms with van der Waals surface area (Å²) in [6.45, 7) is 7.97. The first-order valence-electron chi connectivity index (χ1n) is 10.9. The van der Waals surface area contributed by atoms with E-state index in [0.29, 0.717) is 30.3 Å². The van der Waals surface area contributed by atoms with Crippen LogP contribution in [0, 0.1) is 0 Å². The molecule has 7 nitrogen and oxygen atoms in total. The second kappa shape index (κ2) is 12.1. The predicted molar refractivity (Wildman–Crippen MR) is 138 cm³/mol. The van der Waals surface area contributed by atoms with Gasteiger partial charge in [0.15, 0.2) is 11.5 Å². The van der Waals surface area contributed by atoms with Crippen molar-refractivity contribution < 1.29 is 27.8 Å². The van der Waals surface area contributed by atoms with Crippen LogP contribution in [0.25, 0.3) is 6.08 Å². The van der Waals surface area contributed by atoms with Gasteiger partial charge in [-0.05, 0) is 36.3 Å². The van der Waals surface area contributed by atoms with Gasteiger partial charge in [-0.2, -0.15) is 4.72 Å². The zero-order valence-corrected chi connectivity index (χ0v) is 21.4. The number of hydrogen-bond donors (Lipinski definition) is 3. The van der Waals surface area contributed by atoms with Crippen LogP contribution < -0.4 is 14.2 Å². The molecule has 1 aliphatic heterocycles.